The minimum atomic E-state index is 0.665. The van der Waals surface area contributed by atoms with Crippen LogP contribution in [-0.4, -0.2) is 55.7 Å². The molecule has 2 aromatic rings. The van der Waals surface area contributed by atoms with Crippen molar-refractivity contribution in [3.63, 3.8) is 0 Å². The van der Waals surface area contributed by atoms with Crippen LogP contribution >= 0.6 is 11.3 Å². The van der Waals surface area contributed by atoms with E-state index in [1.165, 1.54) is 4.88 Å². The van der Waals surface area contributed by atoms with Crippen molar-refractivity contribution in [2.45, 2.75) is 40.2 Å². The lowest BCUT2D eigenvalue weighted by Crippen LogP contribution is -2.38. The molecule has 160 valence electrons. The first-order valence-corrected chi connectivity index (χ1v) is 11.3. The maximum Gasteiger partial charge on any atom is 0.191 e. The molecule has 6 nitrogen and oxygen atoms in total. The lowest BCUT2D eigenvalue weighted by Gasteiger charge is -2.19. The maximum atomic E-state index is 6.04. The van der Waals surface area contributed by atoms with Crippen molar-refractivity contribution in [3.05, 3.63) is 45.9 Å². The summed E-state index contributed by atoms with van der Waals surface area (Å²) in [6, 6.07) is 8.18. The van der Waals surface area contributed by atoms with Crippen molar-refractivity contribution in [1.82, 2.24) is 20.5 Å². The molecular formula is C22H35N5OS. The number of benzene rings is 1. The summed E-state index contributed by atoms with van der Waals surface area (Å²) in [5, 5.41) is 7.91. The summed E-state index contributed by atoms with van der Waals surface area (Å²) in [4.78, 5) is 12.5. The Hall–Kier alpha value is -2.12. The van der Waals surface area contributed by atoms with E-state index in [0.717, 1.165) is 61.3 Å². The molecule has 0 saturated heterocycles. The summed E-state index contributed by atoms with van der Waals surface area (Å²) >= 11 is 1.79. The van der Waals surface area contributed by atoms with E-state index in [1.807, 2.05) is 24.4 Å². The highest BCUT2D eigenvalue weighted by molar-refractivity contribution is 7.11. The first kappa shape index (κ1) is 23.2. The Morgan fingerprint density at radius 2 is 1.97 bits per heavy atom. The molecule has 1 aromatic carbocycles. The molecule has 2 N–H and O–H groups in total. The molecular weight excluding hydrogens is 382 g/mol. The average molecular weight is 418 g/mol. The number of para-hydroxylation sites is 1. The number of hydrogen-bond acceptors (Lipinski definition) is 5. The number of aromatic nitrogens is 1. The number of thiazole rings is 1. The van der Waals surface area contributed by atoms with E-state index in [1.54, 1.807) is 18.4 Å². The molecule has 1 heterocycles. The van der Waals surface area contributed by atoms with Crippen LogP contribution in [0.4, 0.5) is 0 Å². The molecule has 0 spiro atoms. The number of aliphatic imine (C=N–C) groups is 1. The Bertz CT molecular complexity index is 742. The third-order valence-electron chi connectivity index (χ3n) is 4.78. The van der Waals surface area contributed by atoms with Gasteiger partial charge in [0.25, 0.3) is 0 Å². The van der Waals surface area contributed by atoms with E-state index in [2.05, 4.69) is 52.3 Å². The smallest absolute Gasteiger partial charge is 0.191 e. The van der Waals surface area contributed by atoms with Crippen molar-refractivity contribution in [3.8, 4) is 5.75 Å². The van der Waals surface area contributed by atoms with Gasteiger partial charge in [0.05, 0.1) is 5.01 Å². The Balaban J connectivity index is 1.79. The second kappa shape index (κ2) is 13.2. The maximum absolute atomic E-state index is 6.04. The minimum Gasteiger partial charge on any atom is -0.492 e. The average Bonchev–Trinajstić information content (AvgIpc) is 3.22. The number of ether oxygens (including phenoxy) is 1. The number of nitrogens with zero attached hydrogens (tertiary/aromatic N) is 3. The van der Waals surface area contributed by atoms with E-state index in [0.29, 0.717) is 13.2 Å². The normalized spacial score (nSPS) is 11.7. The largest absolute Gasteiger partial charge is 0.492 e. The monoisotopic (exact) mass is 417 g/mol. The van der Waals surface area contributed by atoms with Gasteiger partial charge in [-0.1, -0.05) is 39.0 Å². The zero-order valence-electron chi connectivity index (χ0n) is 18.2. The molecule has 0 aliphatic carbocycles. The van der Waals surface area contributed by atoms with Crippen LogP contribution in [0.25, 0.3) is 0 Å². The molecule has 0 atom stereocenters. The fraction of sp³-hybridized carbons (Fsp3) is 0.545. The first-order valence-electron chi connectivity index (χ1n) is 10.5. The van der Waals surface area contributed by atoms with E-state index in [-0.39, 0.29) is 0 Å². The molecule has 7 heteroatoms. The van der Waals surface area contributed by atoms with E-state index < -0.39 is 0 Å². The third kappa shape index (κ3) is 8.03. The van der Waals surface area contributed by atoms with Gasteiger partial charge in [0.15, 0.2) is 5.96 Å². The predicted molar refractivity (Wildman–Crippen MR) is 123 cm³/mol. The minimum absolute atomic E-state index is 0.665. The number of likely N-dealkylation sites (N-methyl/N-ethyl adjacent to an activating group) is 1. The quantitative estimate of drug-likeness (QED) is 0.410. The zero-order valence-corrected chi connectivity index (χ0v) is 19.0. The highest BCUT2D eigenvalue weighted by Crippen LogP contribution is 2.17. The molecule has 29 heavy (non-hydrogen) atoms. The fourth-order valence-electron chi connectivity index (χ4n) is 2.93. The van der Waals surface area contributed by atoms with Gasteiger partial charge in [0, 0.05) is 49.7 Å². The highest BCUT2D eigenvalue weighted by atomic mass is 32.1. The SMILES string of the molecule is CCc1cnc(CCNC(=NC)NCc2ccccc2OCCN(CC)CC)s1. The summed E-state index contributed by atoms with van der Waals surface area (Å²) in [5.74, 6) is 1.72. The number of hydrogen-bond donors (Lipinski definition) is 2. The standard InChI is InChI=1S/C22H35N5OS/c1-5-19-17-25-21(29-19)12-13-24-22(23-4)26-16-18-10-8-9-11-20(18)28-15-14-27(6-2)7-3/h8-11,17H,5-7,12-16H2,1-4H3,(H2,23,24,26). The summed E-state index contributed by atoms with van der Waals surface area (Å²) in [5.41, 5.74) is 1.13. The zero-order chi connectivity index (χ0) is 20.9. The van der Waals surface area contributed by atoms with Crippen LogP contribution < -0.4 is 15.4 Å². The first-order chi connectivity index (χ1) is 14.2. The summed E-state index contributed by atoms with van der Waals surface area (Å²) in [7, 11) is 1.79. The van der Waals surface area contributed by atoms with Crippen LogP contribution in [0.5, 0.6) is 5.75 Å². The van der Waals surface area contributed by atoms with Gasteiger partial charge in [-0.3, -0.25) is 4.99 Å². The third-order valence-corrected chi connectivity index (χ3v) is 5.98. The molecule has 0 aliphatic rings. The number of nitrogens with one attached hydrogen (secondary N) is 2. The van der Waals surface area contributed by atoms with Crippen LogP contribution in [0, 0.1) is 0 Å². The van der Waals surface area contributed by atoms with Crippen molar-refractivity contribution >= 4 is 17.3 Å². The summed E-state index contributed by atoms with van der Waals surface area (Å²) in [6.45, 7) is 11.7. The highest BCUT2D eigenvalue weighted by Gasteiger charge is 2.06. The molecule has 0 amide bonds. The Morgan fingerprint density at radius 3 is 2.66 bits per heavy atom. The number of aryl methyl sites for hydroxylation is 1. The molecule has 0 bridgehead atoms. The van der Waals surface area contributed by atoms with Crippen molar-refractivity contribution in [2.24, 2.45) is 4.99 Å². The number of guanidine groups is 1. The van der Waals surface area contributed by atoms with Crippen LogP contribution in [0.3, 0.4) is 0 Å². The Kier molecular flexibility index (Phi) is 10.5. The lowest BCUT2D eigenvalue weighted by molar-refractivity contribution is 0.221. The van der Waals surface area contributed by atoms with Crippen LogP contribution in [0.2, 0.25) is 0 Å². The molecule has 0 radical (unpaired) electrons. The van der Waals surface area contributed by atoms with Crippen molar-refractivity contribution in [1.29, 1.82) is 0 Å². The Morgan fingerprint density at radius 1 is 1.17 bits per heavy atom. The van der Waals surface area contributed by atoms with Crippen LogP contribution in [0.1, 0.15) is 36.2 Å². The van der Waals surface area contributed by atoms with Gasteiger partial charge in [-0.05, 0) is 25.6 Å². The summed E-state index contributed by atoms with van der Waals surface area (Å²) in [6.07, 6.45) is 3.92. The van der Waals surface area contributed by atoms with Crippen molar-refractivity contribution in [2.75, 3.05) is 39.8 Å². The van der Waals surface area contributed by atoms with Gasteiger partial charge < -0.3 is 20.3 Å². The molecule has 0 saturated carbocycles. The fourth-order valence-corrected chi connectivity index (χ4v) is 3.79. The topological polar surface area (TPSA) is 61.8 Å². The molecule has 0 aliphatic heterocycles. The lowest BCUT2D eigenvalue weighted by atomic mass is 10.2. The van der Waals surface area contributed by atoms with Gasteiger partial charge in [0.1, 0.15) is 12.4 Å². The molecule has 0 fully saturated rings. The number of rotatable bonds is 12. The van der Waals surface area contributed by atoms with Gasteiger partial charge in [-0.15, -0.1) is 11.3 Å². The molecule has 0 unspecified atom stereocenters. The predicted octanol–water partition coefficient (Wildman–Crippen LogP) is 3.33. The second-order valence-electron chi connectivity index (χ2n) is 6.66. The van der Waals surface area contributed by atoms with E-state index in [9.17, 15) is 0 Å². The van der Waals surface area contributed by atoms with Gasteiger partial charge in [-0.25, -0.2) is 4.98 Å². The van der Waals surface area contributed by atoms with Gasteiger partial charge in [0.2, 0.25) is 0 Å². The van der Waals surface area contributed by atoms with Gasteiger partial charge in [-0.2, -0.15) is 0 Å². The summed E-state index contributed by atoms with van der Waals surface area (Å²) < 4.78 is 6.04. The molecule has 1 aromatic heterocycles. The second-order valence-corrected chi connectivity index (χ2v) is 7.86. The Labute approximate surface area is 179 Å². The van der Waals surface area contributed by atoms with E-state index in [4.69, 9.17) is 4.74 Å². The van der Waals surface area contributed by atoms with E-state index >= 15 is 0 Å². The molecule has 2 rings (SSSR count). The van der Waals surface area contributed by atoms with Crippen LogP contribution in [0.15, 0.2) is 35.5 Å². The van der Waals surface area contributed by atoms with Crippen LogP contribution in [-0.2, 0) is 19.4 Å². The van der Waals surface area contributed by atoms with Crippen molar-refractivity contribution < 1.29 is 4.74 Å². The van der Waals surface area contributed by atoms with Gasteiger partial charge >= 0.3 is 0 Å².